The average molecular weight is 327 g/mol. The largest absolute Gasteiger partial charge is 0.340 e. The third-order valence-corrected chi connectivity index (χ3v) is 4.29. The Balaban J connectivity index is -0.000000482. The fraction of sp³-hybridized carbons (Fsp3) is 0.933. The zero-order valence-corrected chi connectivity index (χ0v) is 13.6. The van der Waals surface area contributed by atoms with E-state index in [0.29, 0.717) is 0 Å². The topological polar surface area (TPSA) is 57.7 Å². The molecule has 132 valence electrons. The van der Waals surface area contributed by atoms with Crippen LogP contribution in [0.1, 0.15) is 63.8 Å². The van der Waals surface area contributed by atoms with E-state index in [0.717, 1.165) is 6.26 Å². The van der Waals surface area contributed by atoms with Gasteiger partial charge in [0.05, 0.1) is 12.8 Å². The Labute approximate surface area is 133 Å². The molecule has 0 aromatic carbocycles. The molecule has 5 nitrogen and oxygen atoms in total. The lowest BCUT2D eigenvalue weighted by atomic mass is 10.1. The third-order valence-electron chi connectivity index (χ3n) is 2.81. The van der Waals surface area contributed by atoms with E-state index in [-0.39, 0.29) is 40.3 Å². The summed E-state index contributed by atoms with van der Waals surface area (Å²) in [5.74, 6) is -0.206. The highest BCUT2D eigenvalue weighted by molar-refractivity contribution is 7.88. The second-order valence-electron chi connectivity index (χ2n) is 6.56. The number of hydrogen-bond donors (Lipinski definition) is 0. The van der Waals surface area contributed by atoms with Crippen molar-refractivity contribution in [3.05, 3.63) is 0 Å². The number of rotatable bonds is 3. The van der Waals surface area contributed by atoms with Crippen LogP contribution in [-0.2, 0) is 14.8 Å². The molecule has 0 atom stereocenters. The van der Waals surface area contributed by atoms with Gasteiger partial charge in [0, 0.05) is 18.1 Å². The third kappa shape index (κ3) is 9.09. The summed E-state index contributed by atoms with van der Waals surface area (Å²) in [6.07, 6.45) is 1.13. The minimum Gasteiger partial charge on any atom is -0.340 e. The summed E-state index contributed by atoms with van der Waals surface area (Å²) in [5, 5.41) is 0. The van der Waals surface area contributed by atoms with E-state index in [2.05, 4.69) is 0 Å². The van der Waals surface area contributed by atoms with Gasteiger partial charge in [-0.25, -0.2) is 8.42 Å². The summed E-state index contributed by atoms with van der Waals surface area (Å²) < 4.78 is 24.7. The SMILES string of the molecule is C.C.C.CN(C(=O)CN(C(C)(C)C)S(C)(=O)=O)C(C)(C)C. The lowest BCUT2D eigenvalue weighted by Gasteiger charge is -2.37. The lowest BCUT2D eigenvalue weighted by Crippen LogP contribution is -2.53. The van der Waals surface area contributed by atoms with Gasteiger partial charge < -0.3 is 4.90 Å². The molecule has 0 heterocycles. The van der Waals surface area contributed by atoms with Crippen molar-refractivity contribution in [2.24, 2.45) is 0 Å². The minimum atomic E-state index is -3.41. The average Bonchev–Trinajstić information content (AvgIpc) is 2.07. The molecule has 0 bridgehead atoms. The van der Waals surface area contributed by atoms with Gasteiger partial charge in [-0.1, -0.05) is 22.3 Å². The number of amides is 1. The summed E-state index contributed by atoms with van der Waals surface area (Å²) in [4.78, 5) is 13.7. The first-order valence-corrected chi connectivity index (χ1v) is 7.76. The van der Waals surface area contributed by atoms with Gasteiger partial charge in [-0.2, -0.15) is 4.31 Å². The first-order valence-electron chi connectivity index (χ1n) is 5.92. The molecule has 0 rings (SSSR count). The molecule has 21 heavy (non-hydrogen) atoms. The van der Waals surface area contributed by atoms with Crippen LogP contribution in [-0.4, -0.2) is 54.5 Å². The van der Waals surface area contributed by atoms with Crippen molar-refractivity contribution >= 4 is 15.9 Å². The monoisotopic (exact) mass is 326 g/mol. The number of carbonyl (C=O) groups is 1. The van der Waals surface area contributed by atoms with Crippen molar-refractivity contribution in [3.8, 4) is 0 Å². The maximum Gasteiger partial charge on any atom is 0.238 e. The first kappa shape index (κ1) is 28.5. The van der Waals surface area contributed by atoms with Crippen LogP contribution in [0.2, 0.25) is 0 Å². The molecule has 0 saturated carbocycles. The van der Waals surface area contributed by atoms with Crippen molar-refractivity contribution in [2.45, 2.75) is 74.9 Å². The van der Waals surface area contributed by atoms with Gasteiger partial charge in [-0.15, -0.1) is 0 Å². The predicted molar refractivity (Wildman–Crippen MR) is 94.0 cm³/mol. The van der Waals surface area contributed by atoms with Crippen LogP contribution in [0, 0.1) is 0 Å². The maximum atomic E-state index is 12.1. The Bertz CT molecular complexity index is 404. The van der Waals surface area contributed by atoms with Gasteiger partial charge in [0.25, 0.3) is 0 Å². The molecule has 0 aliphatic heterocycles. The van der Waals surface area contributed by atoms with Crippen molar-refractivity contribution < 1.29 is 13.2 Å². The van der Waals surface area contributed by atoms with Crippen LogP contribution in [0.15, 0.2) is 0 Å². The Morgan fingerprint density at radius 2 is 1.24 bits per heavy atom. The van der Waals surface area contributed by atoms with E-state index in [1.807, 2.05) is 20.8 Å². The molecular weight excluding hydrogens is 288 g/mol. The van der Waals surface area contributed by atoms with Crippen molar-refractivity contribution in [1.29, 1.82) is 0 Å². The number of nitrogens with zero attached hydrogens (tertiary/aromatic N) is 2. The Morgan fingerprint density at radius 1 is 0.905 bits per heavy atom. The van der Waals surface area contributed by atoms with Gasteiger partial charge >= 0.3 is 0 Å². The van der Waals surface area contributed by atoms with E-state index in [1.54, 1.807) is 32.7 Å². The molecule has 0 fully saturated rings. The highest BCUT2D eigenvalue weighted by Crippen LogP contribution is 2.19. The zero-order chi connectivity index (χ0) is 14.9. The summed E-state index contributed by atoms with van der Waals surface area (Å²) in [5.41, 5.74) is -0.930. The predicted octanol–water partition coefficient (Wildman–Crippen LogP) is 3.21. The highest BCUT2D eigenvalue weighted by atomic mass is 32.2. The molecule has 0 aliphatic carbocycles. The number of sulfonamides is 1. The highest BCUT2D eigenvalue weighted by Gasteiger charge is 2.33. The van der Waals surface area contributed by atoms with E-state index in [9.17, 15) is 13.2 Å². The van der Waals surface area contributed by atoms with E-state index >= 15 is 0 Å². The summed E-state index contributed by atoms with van der Waals surface area (Å²) in [6.45, 7) is 10.9. The van der Waals surface area contributed by atoms with Gasteiger partial charge in [0.2, 0.25) is 15.9 Å². The molecule has 0 aromatic rings. The molecule has 0 N–H and O–H groups in total. The van der Waals surface area contributed by atoms with Crippen molar-refractivity contribution in [3.63, 3.8) is 0 Å². The van der Waals surface area contributed by atoms with Crippen LogP contribution in [0.3, 0.4) is 0 Å². The van der Waals surface area contributed by atoms with E-state index in [1.165, 1.54) is 4.31 Å². The van der Waals surface area contributed by atoms with Gasteiger partial charge in [-0.3, -0.25) is 4.79 Å². The normalized spacial score (nSPS) is 11.9. The smallest absolute Gasteiger partial charge is 0.238 e. The Hall–Kier alpha value is -0.620. The molecule has 6 heteroatoms. The van der Waals surface area contributed by atoms with Crippen LogP contribution in [0.4, 0.5) is 0 Å². The van der Waals surface area contributed by atoms with Gasteiger partial charge in [0.15, 0.2) is 0 Å². The number of hydrogen-bond acceptors (Lipinski definition) is 3. The molecule has 0 aromatic heterocycles. The van der Waals surface area contributed by atoms with E-state index < -0.39 is 15.6 Å². The fourth-order valence-corrected chi connectivity index (χ4v) is 2.79. The standard InChI is InChI=1S/C12H26N2O3S.3CH4/c1-11(2,3)13(7)10(15)9-14(12(4,5)6)18(8,16)17;;;/h9H2,1-8H3;3*1H4. The van der Waals surface area contributed by atoms with Crippen LogP contribution in [0.25, 0.3) is 0 Å². The second-order valence-corrected chi connectivity index (χ2v) is 8.47. The molecule has 1 amide bonds. The zero-order valence-electron chi connectivity index (χ0n) is 12.7. The molecule has 0 unspecified atom stereocenters. The second kappa shape index (κ2) is 8.73. The molecule has 0 aliphatic rings. The summed E-state index contributed by atoms with van der Waals surface area (Å²) >= 11 is 0. The minimum absolute atomic E-state index is 0. The number of carbonyl (C=O) groups excluding carboxylic acids is 1. The Kier molecular flexibility index (Phi) is 11.9. The lowest BCUT2D eigenvalue weighted by molar-refractivity contribution is -0.135. The summed E-state index contributed by atoms with van der Waals surface area (Å²) in [6, 6.07) is 0. The van der Waals surface area contributed by atoms with Crippen molar-refractivity contribution in [2.75, 3.05) is 19.8 Å². The van der Waals surface area contributed by atoms with Crippen molar-refractivity contribution in [1.82, 2.24) is 9.21 Å². The maximum absolute atomic E-state index is 12.1. The Morgan fingerprint density at radius 3 is 1.43 bits per heavy atom. The quantitative estimate of drug-likeness (QED) is 0.800. The van der Waals surface area contributed by atoms with Crippen LogP contribution >= 0.6 is 0 Å². The van der Waals surface area contributed by atoms with E-state index in [4.69, 9.17) is 0 Å². The van der Waals surface area contributed by atoms with Crippen LogP contribution < -0.4 is 0 Å². The molecular formula is C15H38N2O3S. The van der Waals surface area contributed by atoms with Gasteiger partial charge in [0.1, 0.15) is 0 Å². The molecule has 0 saturated heterocycles. The number of likely N-dealkylation sites (N-methyl/N-ethyl adjacent to an activating group) is 1. The first-order chi connectivity index (χ1) is 7.67. The molecule has 0 spiro atoms. The fourth-order valence-electron chi connectivity index (χ4n) is 1.45. The van der Waals surface area contributed by atoms with Crippen LogP contribution in [0.5, 0.6) is 0 Å². The summed E-state index contributed by atoms with van der Waals surface area (Å²) in [7, 11) is -1.72. The molecule has 0 radical (unpaired) electrons. The van der Waals surface area contributed by atoms with Gasteiger partial charge in [-0.05, 0) is 41.5 Å².